The first kappa shape index (κ1) is 13.5. The van der Waals surface area contributed by atoms with Crippen molar-refractivity contribution in [3.8, 4) is 0 Å². The van der Waals surface area contributed by atoms with Crippen LogP contribution < -0.4 is 5.73 Å². The molecule has 1 unspecified atom stereocenters. The number of pyridine rings is 1. The predicted octanol–water partition coefficient (Wildman–Crippen LogP) is 1.38. The Labute approximate surface area is 114 Å². The summed E-state index contributed by atoms with van der Waals surface area (Å²) in [7, 11) is 0. The van der Waals surface area contributed by atoms with Gasteiger partial charge in [0, 0.05) is 19.6 Å². The largest absolute Gasteiger partial charge is 0.480 e. The van der Waals surface area contributed by atoms with Crippen molar-refractivity contribution in [2.24, 2.45) is 5.73 Å². The van der Waals surface area contributed by atoms with E-state index in [1.165, 1.54) is 0 Å². The van der Waals surface area contributed by atoms with Crippen LogP contribution in [0.25, 0.3) is 0 Å². The summed E-state index contributed by atoms with van der Waals surface area (Å²) in [5.41, 5.74) is 5.26. The maximum absolute atomic E-state index is 11.0. The Morgan fingerprint density at radius 1 is 1.56 bits per heavy atom. The number of aliphatic carboxylic acids is 1. The summed E-state index contributed by atoms with van der Waals surface area (Å²) in [4.78, 5) is 17.1. The summed E-state index contributed by atoms with van der Waals surface area (Å²) < 4.78 is 0. The second-order valence-corrected chi connectivity index (χ2v) is 5.28. The molecule has 1 aliphatic heterocycles. The lowest BCUT2D eigenvalue weighted by molar-refractivity contribution is -0.142. The van der Waals surface area contributed by atoms with Crippen molar-refractivity contribution < 1.29 is 9.90 Å². The van der Waals surface area contributed by atoms with Crippen molar-refractivity contribution in [3.63, 3.8) is 0 Å². The van der Waals surface area contributed by atoms with Crippen LogP contribution in [0, 0.1) is 0 Å². The lowest BCUT2D eigenvalue weighted by Gasteiger charge is -2.20. The van der Waals surface area contributed by atoms with Gasteiger partial charge in [-0.05, 0) is 18.6 Å². The minimum atomic E-state index is -1.18. The van der Waals surface area contributed by atoms with Crippen molar-refractivity contribution in [1.82, 2.24) is 9.88 Å². The zero-order valence-corrected chi connectivity index (χ0v) is 11.1. The van der Waals surface area contributed by atoms with Gasteiger partial charge in [-0.3, -0.25) is 9.69 Å². The number of carbonyl (C=O) groups is 1. The third-order valence-electron chi connectivity index (χ3n) is 3.06. The molecule has 7 heteroatoms. The smallest absolute Gasteiger partial charge is 0.325 e. The molecule has 5 nitrogen and oxygen atoms in total. The summed E-state index contributed by atoms with van der Waals surface area (Å²) in [6.45, 7) is 1.34. The van der Waals surface area contributed by atoms with Gasteiger partial charge in [0.2, 0.25) is 0 Å². The van der Waals surface area contributed by atoms with E-state index in [2.05, 4.69) is 4.98 Å². The quantitative estimate of drug-likeness (QED) is 0.822. The van der Waals surface area contributed by atoms with E-state index in [0.29, 0.717) is 35.4 Å². The van der Waals surface area contributed by atoms with Crippen LogP contribution in [-0.4, -0.2) is 39.6 Å². The SMILES string of the molecule is NC1(C(=O)O)CCN(Cc2nc(Cl)ccc2Cl)C1. The number of nitrogens with two attached hydrogens (primary N) is 1. The number of carboxylic acid groups (broad SMARTS) is 1. The Balaban J connectivity index is 2.08. The summed E-state index contributed by atoms with van der Waals surface area (Å²) in [5, 5.41) is 9.92. The molecule has 0 saturated carbocycles. The van der Waals surface area contributed by atoms with Crippen LogP contribution >= 0.6 is 23.2 Å². The molecule has 1 atom stereocenters. The Bertz CT molecular complexity index is 483. The summed E-state index contributed by atoms with van der Waals surface area (Å²) in [5.74, 6) is -0.977. The molecular weight excluding hydrogens is 277 g/mol. The maximum Gasteiger partial charge on any atom is 0.325 e. The molecule has 0 radical (unpaired) electrons. The van der Waals surface area contributed by atoms with E-state index in [4.69, 9.17) is 34.0 Å². The molecule has 2 heterocycles. The van der Waals surface area contributed by atoms with Crippen molar-refractivity contribution in [1.29, 1.82) is 0 Å². The fourth-order valence-corrected chi connectivity index (χ4v) is 2.33. The molecule has 1 aromatic heterocycles. The van der Waals surface area contributed by atoms with Crippen molar-refractivity contribution in [3.05, 3.63) is 28.0 Å². The van der Waals surface area contributed by atoms with Crippen LogP contribution in [0.4, 0.5) is 0 Å². The van der Waals surface area contributed by atoms with Gasteiger partial charge >= 0.3 is 5.97 Å². The maximum atomic E-state index is 11.0. The van der Waals surface area contributed by atoms with Gasteiger partial charge < -0.3 is 10.8 Å². The zero-order chi connectivity index (χ0) is 13.3. The molecule has 18 heavy (non-hydrogen) atoms. The fraction of sp³-hybridized carbons (Fsp3) is 0.455. The van der Waals surface area contributed by atoms with Gasteiger partial charge in [-0.15, -0.1) is 0 Å². The minimum Gasteiger partial charge on any atom is -0.480 e. The zero-order valence-electron chi connectivity index (χ0n) is 9.57. The number of carboxylic acids is 1. The highest BCUT2D eigenvalue weighted by molar-refractivity contribution is 6.32. The number of hydrogen-bond acceptors (Lipinski definition) is 4. The van der Waals surface area contributed by atoms with E-state index >= 15 is 0 Å². The fourth-order valence-electron chi connectivity index (χ4n) is 2.00. The molecule has 0 bridgehead atoms. The first-order valence-electron chi connectivity index (χ1n) is 5.46. The van der Waals surface area contributed by atoms with Gasteiger partial charge in [0.1, 0.15) is 10.7 Å². The van der Waals surface area contributed by atoms with Crippen molar-refractivity contribution >= 4 is 29.2 Å². The van der Waals surface area contributed by atoms with Crippen LogP contribution in [0.3, 0.4) is 0 Å². The van der Waals surface area contributed by atoms with Gasteiger partial charge in [-0.1, -0.05) is 23.2 Å². The lowest BCUT2D eigenvalue weighted by atomic mass is 10.0. The molecule has 3 N–H and O–H groups in total. The highest BCUT2D eigenvalue weighted by Crippen LogP contribution is 2.24. The van der Waals surface area contributed by atoms with Crippen molar-refractivity contribution in [2.45, 2.75) is 18.5 Å². The molecule has 1 aromatic rings. The average Bonchev–Trinajstić information content (AvgIpc) is 2.67. The van der Waals surface area contributed by atoms with E-state index in [1.807, 2.05) is 4.90 Å². The Kier molecular flexibility index (Phi) is 3.77. The molecular formula is C11H13Cl2N3O2. The van der Waals surface area contributed by atoms with Gasteiger partial charge in [-0.25, -0.2) is 4.98 Å². The van der Waals surface area contributed by atoms with Crippen LogP contribution in [0.1, 0.15) is 12.1 Å². The van der Waals surface area contributed by atoms with Crippen LogP contribution in [0.5, 0.6) is 0 Å². The average molecular weight is 290 g/mol. The van der Waals surface area contributed by atoms with E-state index < -0.39 is 11.5 Å². The summed E-state index contributed by atoms with van der Waals surface area (Å²) in [6.07, 6.45) is 0.417. The molecule has 0 spiro atoms. The minimum absolute atomic E-state index is 0.285. The Morgan fingerprint density at radius 2 is 2.28 bits per heavy atom. The molecule has 0 aromatic carbocycles. The number of hydrogen-bond donors (Lipinski definition) is 2. The molecule has 0 amide bonds. The summed E-state index contributed by atoms with van der Waals surface area (Å²) >= 11 is 11.8. The second-order valence-electron chi connectivity index (χ2n) is 4.48. The third-order valence-corrected chi connectivity index (χ3v) is 3.62. The van der Waals surface area contributed by atoms with E-state index in [9.17, 15) is 4.79 Å². The van der Waals surface area contributed by atoms with Crippen LogP contribution in [0.2, 0.25) is 10.2 Å². The van der Waals surface area contributed by atoms with E-state index in [-0.39, 0.29) is 6.54 Å². The Hall–Kier alpha value is -0.880. The predicted molar refractivity (Wildman–Crippen MR) is 68.7 cm³/mol. The number of halogens is 2. The third kappa shape index (κ3) is 2.75. The van der Waals surface area contributed by atoms with Gasteiger partial charge in [-0.2, -0.15) is 0 Å². The number of nitrogens with zero attached hydrogens (tertiary/aromatic N) is 2. The lowest BCUT2D eigenvalue weighted by Crippen LogP contribution is -2.50. The van der Waals surface area contributed by atoms with Crippen LogP contribution in [-0.2, 0) is 11.3 Å². The first-order valence-corrected chi connectivity index (χ1v) is 6.22. The molecule has 1 saturated heterocycles. The summed E-state index contributed by atoms with van der Waals surface area (Å²) in [6, 6.07) is 3.29. The van der Waals surface area contributed by atoms with Gasteiger partial charge in [0.05, 0.1) is 10.7 Å². The topological polar surface area (TPSA) is 79.5 Å². The van der Waals surface area contributed by atoms with Crippen molar-refractivity contribution in [2.75, 3.05) is 13.1 Å². The number of aromatic nitrogens is 1. The molecule has 1 fully saturated rings. The standard InChI is InChI=1S/C11H13Cl2N3O2/c12-7-1-2-9(13)15-8(7)5-16-4-3-11(14,6-16)10(17)18/h1-2H,3-6,14H2,(H,17,18). The number of rotatable bonds is 3. The van der Waals surface area contributed by atoms with E-state index in [0.717, 1.165) is 0 Å². The normalized spacial score (nSPS) is 24.4. The first-order chi connectivity index (χ1) is 8.40. The molecule has 1 aliphatic rings. The van der Waals surface area contributed by atoms with Gasteiger partial charge in [0.15, 0.2) is 0 Å². The Morgan fingerprint density at radius 3 is 2.89 bits per heavy atom. The highest BCUT2D eigenvalue weighted by atomic mass is 35.5. The van der Waals surface area contributed by atoms with Gasteiger partial charge in [0.25, 0.3) is 0 Å². The molecule has 98 valence electrons. The number of likely N-dealkylation sites (tertiary alicyclic amines) is 1. The highest BCUT2D eigenvalue weighted by Gasteiger charge is 2.41. The second kappa shape index (κ2) is 5.01. The molecule has 2 rings (SSSR count). The monoisotopic (exact) mass is 289 g/mol. The molecule has 0 aliphatic carbocycles. The van der Waals surface area contributed by atoms with E-state index in [1.54, 1.807) is 12.1 Å². The van der Waals surface area contributed by atoms with Crippen LogP contribution in [0.15, 0.2) is 12.1 Å².